The van der Waals surface area contributed by atoms with Crippen molar-refractivity contribution in [2.45, 2.75) is 63.0 Å². The third-order valence-corrected chi connectivity index (χ3v) is 7.84. The number of aromatic nitrogens is 5. The first-order valence-corrected chi connectivity index (χ1v) is 13.3. The summed E-state index contributed by atoms with van der Waals surface area (Å²) in [6.45, 7) is 2.86. The van der Waals surface area contributed by atoms with E-state index in [1.165, 1.54) is 10.7 Å². The molecule has 0 unspecified atom stereocenters. The number of ether oxygens (including phenoxy) is 1. The average Bonchev–Trinajstić information content (AvgIpc) is 3.66. The summed E-state index contributed by atoms with van der Waals surface area (Å²) >= 11 is 0. The molecule has 3 heterocycles. The third-order valence-electron chi connectivity index (χ3n) is 7.84. The number of rotatable bonds is 7. The van der Waals surface area contributed by atoms with Crippen LogP contribution in [-0.4, -0.2) is 37.2 Å². The molecule has 6 rings (SSSR count). The normalized spacial score (nSPS) is 20.1. The molecular formula is C29H31N7O2. The minimum atomic E-state index is -0.299. The van der Waals surface area contributed by atoms with Crippen LogP contribution in [0, 0.1) is 11.3 Å². The van der Waals surface area contributed by atoms with Gasteiger partial charge in [0, 0.05) is 48.9 Å². The predicted molar refractivity (Wildman–Crippen MR) is 145 cm³/mol. The highest BCUT2D eigenvalue weighted by Gasteiger charge is 2.44. The monoisotopic (exact) mass is 509 g/mol. The van der Waals surface area contributed by atoms with E-state index < -0.39 is 0 Å². The van der Waals surface area contributed by atoms with Gasteiger partial charge in [-0.25, -0.2) is 9.67 Å². The average molecular weight is 510 g/mol. The zero-order valence-electron chi connectivity index (χ0n) is 21.7. The molecule has 0 amide bonds. The fraction of sp³-hybridized carbons (Fsp3) is 0.414. The van der Waals surface area contributed by atoms with Crippen molar-refractivity contribution in [2.75, 3.05) is 11.9 Å². The van der Waals surface area contributed by atoms with Crippen molar-refractivity contribution in [3.63, 3.8) is 0 Å². The number of pyridine rings is 1. The lowest BCUT2D eigenvalue weighted by atomic mass is 9.93. The number of nitrogens with zero attached hydrogens (tertiary/aromatic N) is 6. The Kier molecular flexibility index (Phi) is 6.10. The van der Waals surface area contributed by atoms with E-state index in [0.29, 0.717) is 5.88 Å². The minimum absolute atomic E-state index is 0.0546. The van der Waals surface area contributed by atoms with Crippen LogP contribution in [0.3, 0.4) is 0 Å². The smallest absolute Gasteiger partial charge is 0.266 e. The van der Waals surface area contributed by atoms with Crippen molar-refractivity contribution in [1.29, 1.82) is 5.26 Å². The van der Waals surface area contributed by atoms with Gasteiger partial charge in [0.1, 0.15) is 17.6 Å². The van der Waals surface area contributed by atoms with Crippen LogP contribution in [0.15, 0.2) is 53.5 Å². The lowest BCUT2D eigenvalue weighted by Crippen LogP contribution is -2.27. The summed E-state index contributed by atoms with van der Waals surface area (Å²) in [6, 6.07) is 16.3. The molecule has 0 spiro atoms. The Labute approximate surface area is 221 Å². The van der Waals surface area contributed by atoms with E-state index in [4.69, 9.17) is 9.84 Å². The summed E-state index contributed by atoms with van der Waals surface area (Å²) in [7, 11) is 1.63. The SMILES string of the molecule is CCNc1cc2c(cn1)c(-c1ccc(C3(C#N)CC3)cc1)nn2C1CCC(Oc2ccc(=O)n(C)n2)CC1. The topological polar surface area (TPSA) is 111 Å². The Morgan fingerprint density at radius 1 is 1.11 bits per heavy atom. The lowest BCUT2D eigenvalue weighted by Gasteiger charge is -2.29. The van der Waals surface area contributed by atoms with Gasteiger partial charge < -0.3 is 10.1 Å². The zero-order chi connectivity index (χ0) is 26.3. The highest BCUT2D eigenvalue weighted by Crippen LogP contribution is 2.48. The Bertz CT molecular complexity index is 1570. The van der Waals surface area contributed by atoms with Crippen molar-refractivity contribution in [1.82, 2.24) is 24.5 Å². The van der Waals surface area contributed by atoms with Crippen LogP contribution >= 0.6 is 0 Å². The quantitative estimate of drug-likeness (QED) is 0.383. The van der Waals surface area contributed by atoms with Gasteiger partial charge in [-0.15, -0.1) is 5.10 Å². The standard InChI is InChI=1S/C29H31N7O2/c1-3-31-25-16-24-23(17-32-25)28(19-4-6-20(7-5-19)29(18-30)14-15-29)34-36(24)21-8-10-22(11-9-21)38-26-12-13-27(37)35(2)33-26/h4-7,12-13,16-17,21-22H,3,8-11,14-15H2,1-2H3,(H,31,32). The van der Waals surface area contributed by atoms with Crippen molar-refractivity contribution < 1.29 is 4.74 Å². The highest BCUT2D eigenvalue weighted by atomic mass is 16.5. The van der Waals surface area contributed by atoms with E-state index in [1.807, 2.05) is 6.20 Å². The van der Waals surface area contributed by atoms with Crippen LogP contribution in [-0.2, 0) is 12.5 Å². The number of anilines is 1. The van der Waals surface area contributed by atoms with Gasteiger partial charge in [0.05, 0.1) is 23.0 Å². The maximum atomic E-state index is 11.6. The summed E-state index contributed by atoms with van der Waals surface area (Å²) in [6.07, 6.45) is 7.44. The van der Waals surface area contributed by atoms with Crippen LogP contribution in [0.5, 0.6) is 5.88 Å². The van der Waals surface area contributed by atoms with Gasteiger partial charge in [-0.05, 0) is 51.0 Å². The van der Waals surface area contributed by atoms with Crippen LogP contribution < -0.4 is 15.6 Å². The first-order chi connectivity index (χ1) is 18.5. The molecule has 0 radical (unpaired) electrons. The van der Waals surface area contributed by atoms with E-state index in [2.05, 4.69) is 63.4 Å². The maximum absolute atomic E-state index is 11.6. The predicted octanol–water partition coefficient (Wildman–Crippen LogP) is 4.74. The van der Waals surface area contributed by atoms with E-state index in [0.717, 1.165) is 78.6 Å². The third kappa shape index (κ3) is 4.40. The molecule has 0 bridgehead atoms. The molecule has 2 saturated carbocycles. The molecule has 3 aromatic heterocycles. The van der Waals surface area contributed by atoms with E-state index >= 15 is 0 Å². The minimum Gasteiger partial charge on any atom is -0.473 e. The molecule has 4 aromatic rings. The summed E-state index contributed by atoms with van der Waals surface area (Å²) in [5.74, 6) is 1.32. The Balaban J connectivity index is 1.27. The number of aryl methyl sites for hydroxylation is 1. The molecule has 194 valence electrons. The van der Waals surface area contributed by atoms with Crippen LogP contribution in [0.1, 0.15) is 57.1 Å². The Hall–Kier alpha value is -4.19. The van der Waals surface area contributed by atoms with E-state index in [9.17, 15) is 10.1 Å². The largest absolute Gasteiger partial charge is 0.473 e. The number of fused-ring (bicyclic) bond motifs is 1. The van der Waals surface area contributed by atoms with Gasteiger partial charge in [0.25, 0.3) is 5.56 Å². The molecule has 0 atom stereocenters. The lowest BCUT2D eigenvalue weighted by molar-refractivity contribution is 0.123. The number of nitriles is 1. The fourth-order valence-corrected chi connectivity index (χ4v) is 5.46. The molecule has 2 aliphatic carbocycles. The van der Waals surface area contributed by atoms with Gasteiger partial charge >= 0.3 is 0 Å². The molecular weight excluding hydrogens is 478 g/mol. The second-order valence-corrected chi connectivity index (χ2v) is 10.4. The van der Waals surface area contributed by atoms with Crippen LogP contribution in [0.4, 0.5) is 5.82 Å². The first kappa shape index (κ1) is 24.2. The zero-order valence-corrected chi connectivity index (χ0v) is 21.7. The fourth-order valence-electron chi connectivity index (χ4n) is 5.46. The second-order valence-electron chi connectivity index (χ2n) is 10.4. The van der Waals surface area contributed by atoms with Crippen molar-refractivity contribution in [3.05, 3.63) is 64.6 Å². The number of benzene rings is 1. The molecule has 0 saturated heterocycles. The molecule has 38 heavy (non-hydrogen) atoms. The van der Waals surface area contributed by atoms with E-state index in [-0.39, 0.29) is 23.1 Å². The van der Waals surface area contributed by atoms with Gasteiger partial charge in [0.15, 0.2) is 0 Å². The number of nitrogens with one attached hydrogen (secondary N) is 1. The van der Waals surface area contributed by atoms with Gasteiger partial charge in [-0.2, -0.15) is 10.4 Å². The summed E-state index contributed by atoms with van der Waals surface area (Å²) in [4.78, 5) is 16.3. The van der Waals surface area contributed by atoms with Gasteiger partial charge in [-0.3, -0.25) is 9.48 Å². The molecule has 2 fully saturated rings. The number of hydrogen-bond donors (Lipinski definition) is 1. The molecule has 1 aromatic carbocycles. The van der Waals surface area contributed by atoms with Crippen molar-refractivity contribution in [3.8, 4) is 23.2 Å². The highest BCUT2D eigenvalue weighted by molar-refractivity contribution is 5.94. The first-order valence-electron chi connectivity index (χ1n) is 13.3. The Morgan fingerprint density at radius 2 is 1.87 bits per heavy atom. The summed E-state index contributed by atoms with van der Waals surface area (Å²) in [5, 5.41) is 23.3. The molecule has 0 aliphatic heterocycles. The molecule has 1 N–H and O–H groups in total. The number of hydrogen-bond acceptors (Lipinski definition) is 7. The second kappa shape index (κ2) is 9.60. The van der Waals surface area contributed by atoms with E-state index in [1.54, 1.807) is 13.1 Å². The summed E-state index contributed by atoms with van der Waals surface area (Å²) in [5.41, 5.74) is 3.65. The van der Waals surface area contributed by atoms with Gasteiger partial charge in [0.2, 0.25) is 5.88 Å². The molecule has 9 nitrogen and oxygen atoms in total. The molecule has 9 heteroatoms. The van der Waals surface area contributed by atoms with Crippen molar-refractivity contribution >= 4 is 16.7 Å². The van der Waals surface area contributed by atoms with Crippen LogP contribution in [0.25, 0.3) is 22.2 Å². The van der Waals surface area contributed by atoms with Crippen LogP contribution in [0.2, 0.25) is 0 Å². The Morgan fingerprint density at radius 3 is 2.53 bits per heavy atom. The molecule has 2 aliphatic rings. The maximum Gasteiger partial charge on any atom is 0.266 e. The van der Waals surface area contributed by atoms with Crippen molar-refractivity contribution in [2.24, 2.45) is 7.05 Å². The van der Waals surface area contributed by atoms with Gasteiger partial charge in [-0.1, -0.05) is 24.3 Å². The summed E-state index contributed by atoms with van der Waals surface area (Å²) < 4.78 is 9.56.